The molecule has 0 fully saturated rings. The van der Waals surface area contributed by atoms with Gasteiger partial charge in [0.2, 0.25) is 0 Å². The van der Waals surface area contributed by atoms with Crippen molar-refractivity contribution >= 4 is 44.3 Å². The number of hydrogen-bond acceptors (Lipinski definition) is 0. The van der Waals surface area contributed by atoms with E-state index in [2.05, 4.69) is 60.7 Å². The predicted molar refractivity (Wildman–Crippen MR) is 69.4 cm³/mol. The molecule has 0 amide bonds. The van der Waals surface area contributed by atoms with Gasteiger partial charge in [-0.15, -0.1) is 0 Å². The van der Waals surface area contributed by atoms with E-state index in [0.717, 1.165) is 6.73 Å². The van der Waals surface area contributed by atoms with Gasteiger partial charge in [-0.05, 0) is 0 Å². The zero-order valence-electron chi connectivity index (χ0n) is 8.09. The Morgan fingerprint density at radius 1 is 0.600 bits per heavy atom. The molecule has 2 aromatic rings. The molecule has 0 heterocycles. The molecule has 2 rings (SSSR count). The fourth-order valence-corrected chi connectivity index (χ4v) is 13.1. The van der Waals surface area contributed by atoms with E-state index in [9.17, 15) is 0 Å². The Kier molecular flexibility index (Phi) is 4.71. The Morgan fingerprint density at radius 3 is 1.40 bits per heavy atom. The molecule has 3 heteroatoms. The molecular weight excluding hydrogens is 330 g/mol. The molecule has 0 N–H and O–H groups in total. The van der Waals surface area contributed by atoms with Crippen molar-refractivity contribution in [2.45, 2.75) is 0 Å². The van der Waals surface area contributed by atoms with Gasteiger partial charge in [-0.25, -0.2) is 0 Å². The van der Waals surface area contributed by atoms with Crippen LogP contribution in [0.4, 0.5) is 0 Å². The van der Waals surface area contributed by atoms with E-state index < -0.39 is 0 Å². The van der Waals surface area contributed by atoms with Crippen molar-refractivity contribution in [3.63, 3.8) is 0 Å². The summed E-state index contributed by atoms with van der Waals surface area (Å²) in [6, 6.07) is 21.7. The molecule has 0 bridgehead atoms. The monoisotopic (exact) mass is 342 g/mol. The topological polar surface area (TPSA) is 0 Å². The number of rotatable bonds is 4. The summed E-state index contributed by atoms with van der Waals surface area (Å²) < 4.78 is 3.06. The van der Waals surface area contributed by atoms with Gasteiger partial charge in [0.05, 0.1) is 0 Å². The average Bonchev–Trinajstić information content (AvgIpc) is 2.32. The van der Waals surface area contributed by atoms with Gasteiger partial charge in [0, 0.05) is 0 Å². The fraction of sp³-hybridized carbons (Fsp3) is 0. The molecule has 0 aliphatic carbocycles. The molecule has 15 heavy (non-hydrogen) atoms. The molecule has 0 saturated heterocycles. The van der Waals surface area contributed by atoms with Crippen molar-refractivity contribution in [3.05, 3.63) is 60.7 Å². The van der Waals surface area contributed by atoms with Gasteiger partial charge in [0.25, 0.3) is 0 Å². The minimum atomic E-state index is 0.678. The molecule has 0 aliphatic heterocycles. The second-order valence-corrected chi connectivity index (χ2v) is 14.5. The molecule has 0 saturated carbocycles. The van der Waals surface area contributed by atoms with Gasteiger partial charge in [-0.3, -0.25) is 0 Å². The summed E-state index contributed by atoms with van der Waals surface area (Å²) in [5.74, 6) is 0. The normalized spacial score (nSPS) is 10.1. The van der Waals surface area contributed by atoms with Crippen LogP contribution in [0.25, 0.3) is 0 Å². The van der Waals surface area contributed by atoms with Crippen molar-refractivity contribution < 1.29 is 0 Å². The second-order valence-electron chi connectivity index (χ2n) is 2.91. The molecule has 2 radical (unpaired) electrons. The van der Waals surface area contributed by atoms with Crippen molar-refractivity contribution in [3.8, 4) is 0 Å². The third-order valence-corrected chi connectivity index (χ3v) is 13.1. The van der Waals surface area contributed by atoms with Crippen LogP contribution < -0.4 is 8.92 Å². The molecule has 0 aliphatic rings. The van der Waals surface area contributed by atoms with Crippen LogP contribution >= 0.6 is 0 Å². The molecule has 0 unspecified atom stereocenters. The van der Waals surface area contributed by atoms with Crippen LogP contribution in [0.1, 0.15) is 0 Å². The van der Waals surface area contributed by atoms with Crippen LogP contribution in [0.5, 0.6) is 0 Å². The van der Waals surface area contributed by atoms with Crippen LogP contribution in [0.15, 0.2) is 60.7 Å². The van der Waals surface area contributed by atoms with E-state index in [1.54, 1.807) is 0 Å². The maximum atomic E-state index is 2.24. The van der Waals surface area contributed by atoms with Crippen molar-refractivity contribution in [1.29, 1.82) is 0 Å². The van der Waals surface area contributed by atoms with Crippen LogP contribution in [0.2, 0.25) is 0 Å². The molecule has 2 aromatic carbocycles. The minimum absolute atomic E-state index is 0.678. The summed E-state index contributed by atoms with van der Waals surface area (Å²) in [6.07, 6.45) is 0. The van der Waals surface area contributed by atoms with Gasteiger partial charge >= 0.3 is 105 Å². The predicted octanol–water partition coefficient (Wildman–Crippen LogP) is 0.580. The van der Waals surface area contributed by atoms with Crippen molar-refractivity contribution in [2.24, 2.45) is 0 Å². The van der Waals surface area contributed by atoms with E-state index in [-0.39, 0.29) is 0 Å². The number of hydrogen-bond donors (Lipinski definition) is 0. The molecule has 0 atom stereocenters. The van der Waals surface area contributed by atoms with Crippen LogP contribution in [0.3, 0.4) is 0 Å². The molecule has 0 nitrogen and oxygen atoms in total. The molecule has 0 aromatic heterocycles. The van der Waals surface area contributed by atoms with Gasteiger partial charge in [-0.2, -0.15) is 0 Å². The first kappa shape index (κ1) is 11.2. The van der Waals surface area contributed by atoms with E-state index in [4.69, 9.17) is 0 Å². The third-order valence-electron chi connectivity index (χ3n) is 1.81. The summed E-state index contributed by atoms with van der Waals surface area (Å²) in [5.41, 5.74) is 0. The standard InChI is InChI=1S/C12H10Se2Si/c1-3-7-11(8-4-1)13-15-14-12-9-5-2-6-10-12/h1-10H. The number of benzene rings is 2. The van der Waals surface area contributed by atoms with Gasteiger partial charge in [-0.1, -0.05) is 0 Å². The second kappa shape index (κ2) is 6.32. The first-order chi connectivity index (χ1) is 7.45. The maximum absolute atomic E-state index is 2.24. The first-order valence-corrected chi connectivity index (χ1v) is 12.3. The Morgan fingerprint density at radius 2 is 1.00 bits per heavy atom. The third kappa shape index (κ3) is 3.98. The van der Waals surface area contributed by atoms with Crippen LogP contribution in [-0.4, -0.2) is 35.4 Å². The van der Waals surface area contributed by atoms with Gasteiger partial charge in [0.15, 0.2) is 0 Å². The average molecular weight is 340 g/mol. The van der Waals surface area contributed by atoms with E-state index >= 15 is 0 Å². The van der Waals surface area contributed by atoms with E-state index in [1.807, 2.05) is 0 Å². The Labute approximate surface area is 105 Å². The van der Waals surface area contributed by atoms with E-state index in [0.29, 0.717) is 28.6 Å². The summed E-state index contributed by atoms with van der Waals surface area (Å²) >= 11 is 1.36. The van der Waals surface area contributed by atoms with Crippen LogP contribution in [-0.2, 0) is 0 Å². The van der Waals surface area contributed by atoms with Crippen molar-refractivity contribution in [2.75, 3.05) is 0 Å². The summed E-state index contributed by atoms with van der Waals surface area (Å²) in [4.78, 5) is 0. The zero-order valence-corrected chi connectivity index (χ0v) is 12.5. The summed E-state index contributed by atoms with van der Waals surface area (Å²) in [5, 5.41) is 0. The Balaban J connectivity index is 1.81. The van der Waals surface area contributed by atoms with E-state index in [1.165, 1.54) is 8.92 Å². The summed E-state index contributed by atoms with van der Waals surface area (Å²) in [6.45, 7) is 1.11. The zero-order chi connectivity index (χ0) is 10.3. The molecule has 0 spiro atoms. The Hall–Kier alpha value is -0.304. The molecule has 74 valence electrons. The van der Waals surface area contributed by atoms with Gasteiger partial charge in [0.1, 0.15) is 0 Å². The first-order valence-electron chi connectivity index (χ1n) is 4.64. The summed E-state index contributed by atoms with van der Waals surface area (Å²) in [7, 11) is 0. The van der Waals surface area contributed by atoms with Gasteiger partial charge < -0.3 is 0 Å². The Bertz CT molecular complexity index is 349. The van der Waals surface area contributed by atoms with Crippen molar-refractivity contribution in [1.82, 2.24) is 0 Å². The fourth-order valence-electron chi connectivity index (χ4n) is 1.09. The molecular formula is C12H10Se2Si. The quantitative estimate of drug-likeness (QED) is 0.715. The SMILES string of the molecule is c1ccc([Se][Si][Se]c2ccccc2)cc1. The van der Waals surface area contributed by atoms with Crippen LogP contribution in [0, 0.1) is 0 Å².